The molecule has 2 rings (SSSR count). The Morgan fingerprint density at radius 2 is 1.68 bits per heavy atom. The molecule has 0 saturated carbocycles. The van der Waals surface area contributed by atoms with Crippen molar-refractivity contribution in [1.82, 2.24) is 0 Å². The third kappa shape index (κ3) is 2.72. The van der Waals surface area contributed by atoms with Crippen LogP contribution >= 0.6 is 0 Å². The van der Waals surface area contributed by atoms with Crippen molar-refractivity contribution in [2.75, 3.05) is 6.61 Å². The van der Waals surface area contributed by atoms with Crippen LogP contribution in [0, 0.1) is 0 Å². The number of phenolic OH excluding ortho intramolecular Hbond substituents is 1. The second kappa shape index (κ2) is 4.73. The molecule has 0 aromatic heterocycles. The second-order valence-corrected chi connectivity index (χ2v) is 5.78. The zero-order valence-electron chi connectivity index (χ0n) is 12.2. The average molecular weight is 264 g/mol. The number of hydrogen-bond donors (Lipinski definition) is 1. The van der Waals surface area contributed by atoms with Crippen molar-refractivity contribution in [2.24, 2.45) is 0 Å². The standard InChI is InChI=1S/C14H21BO4/c1-6-17-12-8-10(7-11(16)9-12)15-18-13(2,3)14(4,5)19-15/h7-9,16H,6H2,1-5H3. The Morgan fingerprint density at radius 1 is 1.11 bits per heavy atom. The molecule has 0 atom stereocenters. The molecule has 0 unspecified atom stereocenters. The number of benzene rings is 1. The molecular weight excluding hydrogens is 243 g/mol. The lowest BCUT2D eigenvalue weighted by Gasteiger charge is -2.32. The summed E-state index contributed by atoms with van der Waals surface area (Å²) >= 11 is 0. The highest BCUT2D eigenvalue weighted by molar-refractivity contribution is 6.62. The van der Waals surface area contributed by atoms with Gasteiger partial charge in [0.1, 0.15) is 11.5 Å². The van der Waals surface area contributed by atoms with Crippen molar-refractivity contribution in [1.29, 1.82) is 0 Å². The number of aromatic hydroxyl groups is 1. The summed E-state index contributed by atoms with van der Waals surface area (Å²) in [7, 11) is -0.490. The molecule has 1 aliphatic heterocycles. The average Bonchev–Trinajstić information content (AvgIpc) is 2.48. The van der Waals surface area contributed by atoms with E-state index in [0.717, 1.165) is 5.46 Å². The summed E-state index contributed by atoms with van der Waals surface area (Å²) in [6, 6.07) is 5.06. The Labute approximate surface area is 114 Å². The second-order valence-electron chi connectivity index (χ2n) is 5.78. The van der Waals surface area contributed by atoms with E-state index >= 15 is 0 Å². The molecule has 1 aromatic rings. The van der Waals surface area contributed by atoms with E-state index in [2.05, 4.69) is 0 Å². The molecule has 5 heteroatoms. The fourth-order valence-corrected chi connectivity index (χ4v) is 1.97. The maximum atomic E-state index is 9.75. The van der Waals surface area contributed by atoms with Crippen molar-refractivity contribution in [2.45, 2.75) is 45.8 Å². The molecule has 1 aromatic carbocycles. The lowest BCUT2D eigenvalue weighted by molar-refractivity contribution is 0.00578. The first-order valence-electron chi connectivity index (χ1n) is 6.57. The van der Waals surface area contributed by atoms with Crippen molar-refractivity contribution in [3.8, 4) is 11.5 Å². The maximum Gasteiger partial charge on any atom is 0.495 e. The van der Waals surface area contributed by atoms with Gasteiger partial charge < -0.3 is 19.2 Å². The van der Waals surface area contributed by atoms with Crippen LogP contribution < -0.4 is 10.2 Å². The van der Waals surface area contributed by atoms with Gasteiger partial charge in [0, 0.05) is 6.07 Å². The predicted molar refractivity (Wildman–Crippen MR) is 75.0 cm³/mol. The van der Waals surface area contributed by atoms with Crippen LogP contribution in [0.25, 0.3) is 0 Å². The van der Waals surface area contributed by atoms with Crippen LogP contribution in [0.1, 0.15) is 34.6 Å². The summed E-state index contributed by atoms with van der Waals surface area (Å²) < 4.78 is 17.3. The molecule has 0 amide bonds. The van der Waals surface area contributed by atoms with Gasteiger partial charge in [-0.1, -0.05) is 0 Å². The SMILES string of the molecule is CCOc1cc(O)cc(B2OC(C)(C)C(C)(C)O2)c1. The van der Waals surface area contributed by atoms with Gasteiger partial charge in [0.25, 0.3) is 0 Å². The predicted octanol–water partition coefficient (Wildman–Crippen LogP) is 2.09. The highest BCUT2D eigenvalue weighted by atomic mass is 16.7. The van der Waals surface area contributed by atoms with E-state index in [-0.39, 0.29) is 5.75 Å². The lowest BCUT2D eigenvalue weighted by Crippen LogP contribution is -2.41. The Balaban J connectivity index is 2.29. The molecule has 0 bridgehead atoms. The Morgan fingerprint density at radius 3 is 2.21 bits per heavy atom. The van der Waals surface area contributed by atoms with E-state index in [4.69, 9.17) is 14.0 Å². The van der Waals surface area contributed by atoms with E-state index in [9.17, 15) is 5.11 Å². The summed E-state index contributed by atoms with van der Waals surface area (Å²) in [5, 5.41) is 9.75. The van der Waals surface area contributed by atoms with Crippen LogP contribution in [0.4, 0.5) is 0 Å². The summed E-state index contributed by atoms with van der Waals surface area (Å²) in [4.78, 5) is 0. The maximum absolute atomic E-state index is 9.75. The monoisotopic (exact) mass is 264 g/mol. The van der Waals surface area contributed by atoms with Crippen LogP contribution in [-0.4, -0.2) is 30.0 Å². The summed E-state index contributed by atoms with van der Waals surface area (Å²) in [5.74, 6) is 0.767. The number of phenols is 1. The first-order chi connectivity index (χ1) is 8.75. The molecule has 0 aliphatic carbocycles. The van der Waals surface area contributed by atoms with Gasteiger partial charge in [-0.3, -0.25) is 0 Å². The highest BCUT2D eigenvalue weighted by Gasteiger charge is 2.51. The van der Waals surface area contributed by atoms with Crippen LogP contribution in [0.3, 0.4) is 0 Å². The molecule has 1 heterocycles. The fraction of sp³-hybridized carbons (Fsp3) is 0.571. The first-order valence-corrected chi connectivity index (χ1v) is 6.57. The minimum Gasteiger partial charge on any atom is -0.508 e. The number of ether oxygens (including phenoxy) is 1. The van der Waals surface area contributed by atoms with E-state index < -0.39 is 18.3 Å². The summed E-state index contributed by atoms with van der Waals surface area (Å²) in [6.07, 6.45) is 0. The molecular formula is C14H21BO4. The Kier molecular flexibility index (Phi) is 3.54. The van der Waals surface area contributed by atoms with Crippen molar-refractivity contribution < 1.29 is 19.2 Å². The minimum absolute atomic E-state index is 0.149. The van der Waals surface area contributed by atoms with Gasteiger partial charge in [0.05, 0.1) is 17.8 Å². The Hall–Kier alpha value is -1.20. The number of hydrogen-bond acceptors (Lipinski definition) is 4. The molecule has 0 spiro atoms. The van der Waals surface area contributed by atoms with Gasteiger partial charge in [-0.25, -0.2) is 0 Å². The van der Waals surface area contributed by atoms with Gasteiger partial charge in [-0.05, 0) is 52.2 Å². The van der Waals surface area contributed by atoms with Crippen molar-refractivity contribution in [3.63, 3.8) is 0 Å². The van der Waals surface area contributed by atoms with Gasteiger partial charge in [-0.2, -0.15) is 0 Å². The smallest absolute Gasteiger partial charge is 0.495 e. The summed E-state index contributed by atoms with van der Waals surface area (Å²) in [6.45, 7) is 10.4. The van der Waals surface area contributed by atoms with Gasteiger partial charge in [0.15, 0.2) is 0 Å². The van der Waals surface area contributed by atoms with Crippen LogP contribution in [0.15, 0.2) is 18.2 Å². The molecule has 1 saturated heterocycles. The molecule has 19 heavy (non-hydrogen) atoms. The van der Waals surface area contributed by atoms with Crippen LogP contribution in [0.2, 0.25) is 0 Å². The molecule has 1 fully saturated rings. The zero-order valence-corrected chi connectivity index (χ0v) is 12.2. The minimum atomic E-state index is -0.490. The molecule has 1 N–H and O–H groups in total. The van der Waals surface area contributed by atoms with E-state index in [0.29, 0.717) is 12.4 Å². The molecule has 1 aliphatic rings. The first kappa shape index (κ1) is 14.2. The number of rotatable bonds is 3. The summed E-state index contributed by atoms with van der Waals surface area (Å²) in [5.41, 5.74) is -0.0221. The normalized spacial score (nSPS) is 20.6. The molecule has 4 nitrogen and oxygen atoms in total. The van der Waals surface area contributed by atoms with Gasteiger partial charge in [0.2, 0.25) is 0 Å². The van der Waals surface area contributed by atoms with E-state index in [1.807, 2.05) is 40.7 Å². The van der Waals surface area contributed by atoms with E-state index in [1.165, 1.54) is 0 Å². The highest BCUT2D eigenvalue weighted by Crippen LogP contribution is 2.36. The van der Waals surface area contributed by atoms with Crippen LogP contribution in [-0.2, 0) is 9.31 Å². The van der Waals surface area contributed by atoms with Gasteiger partial charge in [-0.15, -0.1) is 0 Å². The molecule has 0 radical (unpaired) electrons. The lowest BCUT2D eigenvalue weighted by atomic mass is 9.79. The molecule has 104 valence electrons. The Bertz CT molecular complexity index is 455. The zero-order chi connectivity index (χ0) is 14.3. The largest absolute Gasteiger partial charge is 0.508 e. The third-order valence-corrected chi connectivity index (χ3v) is 3.75. The van der Waals surface area contributed by atoms with E-state index in [1.54, 1.807) is 12.1 Å². The van der Waals surface area contributed by atoms with Crippen molar-refractivity contribution in [3.05, 3.63) is 18.2 Å². The third-order valence-electron chi connectivity index (χ3n) is 3.75. The van der Waals surface area contributed by atoms with Crippen molar-refractivity contribution >= 4 is 12.6 Å². The quantitative estimate of drug-likeness (QED) is 0.849. The topological polar surface area (TPSA) is 47.9 Å². The van der Waals surface area contributed by atoms with Gasteiger partial charge >= 0.3 is 7.12 Å². The van der Waals surface area contributed by atoms with Crippen LogP contribution in [0.5, 0.6) is 11.5 Å². The fourth-order valence-electron chi connectivity index (χ4n) is 1.97.